The molecule has 0 aromatic heterocycles. The topological polar surface area (TPSA) is 35.6 Å². The predicted octanol–water partition coefficient (Wildman–Crippen LogP) is 4.21. The molecule has 6 heteroatoms. The van der Waals surface area contributed by atoms with E-state index in [0.29, 0.717) is 6.54 Å². The molecular formula is C19H31ClFN3O. The molecule has 0 saturated carbocycles. The van der Waals surface area contributed by atoms with Crippen LogP contribution >= 0.6 is 12.4 Å². The SMILES string of the molecule is CCCCCNC(=O)N1C(c2ccc(F)cc2)CN(C)CC1(C)C.Cl. The van der Waals surface area contributed by atoms with E-state index in [1.54, 1.807) is 12.1 Å². The molecule has 0 aliphatic carbocycles. The monoisotopic (exact) mass is 371 g/mol. The maximum Gasteiger partial charge on any atom is 0.318 e. The Labute approximate surface area is 157 Å². The first-order chi connectivity index (χ1) is 11.3. The third-order valence-electron chi connectivity index (χ3n) is 4.64. The number of piperazine rings is 1. The van der Waals surface area contributed by atoms with Crippen LogP contribution in [0.3, 0.4) is 0 Å². The Hall–Kier alpha value is -1.33. The summed E-state index contributed by atoms with van der Waals surface area (Å²) in [6.07, 6.45) is 3.25. The fourth-order valence-corrected chi connectivity index (χ4v) is 3.61. The van der Waals surface area contributed by atoms with Crippen molar-refractivity contribution in [1.82, 2.24) is 15.1 Å². The molecule has 1 unspecified atom stereocenters. The maximum absolute atomic E-state index is 13.3. The number of amides is 2. The standard InChI is InChI=1S/C19H30FN3O.ClH/c1-5-6-7-12-21-18(24)23-17(13-22(4)14-19(23,2)3)15-8-10-16(20)11-9-15;/h8-11,17H,5-7,12-14H2,1-4H3,(H,21,24);1H. The first kappa shape index (κ1) is 21.7. The molecule has 1 fully saturated rings. The average molecular weight is 372 g/mol. The fraction of sp³-hybridized carbons (Fsp3) is 0.632. The van der Waals surface area contributed by atoms with Crippen LogP contribution in [-0.4, -0.2) is 48.1 Å². The van der Waals surface area contributed by atoms with Crippen LogP contribution in [0.4, 0.5) is 9.18 Å². The van der Waals surface area contributed by atoms with Crippen LogP contribution < -0.4 is 5.32 Å². The van der Waals surface area contributed by atoms with E-state index in [1.807, 2.05) is 4.90 Å². The number of halogens is 2. The van der Waals surface area contributed by atoms with Crippen molar-refractivity contribution in [2.75, 3.05) is 26.7 Å². The van der Waals surface area contributed by atoms with E-state index < -0.39 is 0 Å². The maximum atomic E-state index is 13.3. The van der Waals surface area contributed by atoms with E-state index in [-0.39, 0.29) is 35.8 Å². The van der Waals surface area contributed by atoms with Gasteiger partial charge in [-0.1, -0.05) is 31.9 Å². The van der Waals surface area contributed by atoms with E-state index in [4.69, 9.17) is 0 Å². The lowest BCUT2D eigenvalue weighted by atomic mass is 9.92. The van der Waals surface area contributed by atoms with E-state index in [1.165, 1.54) is 12.1 Å². The van der Waals surface area contributed by atoms with Crippen LogP contribution in [0.2, 0.25) is 0 Å². The van der Waals surface area contributed by atoms with Crippen molar-refractivity contribution in [3.8, 4) is 0 Å². The Kier molecular flexibility index (Phi) is 8.16. The zero-order valence-electron chi connectivity index (χ0n) is 15.7. The van der Waals surface area contributed by atoms with E-state index in [9.17, 15) is 9.18 Å². The molecule has 1 aromatic carbocycles. The molecule has 1 heterocycles. The van der Waals surface area contributed by atoms with Gasteiger partial charge in [0.25, 0.3) is 0 Å². The summed E-state index contributed by atoms with van der Waals surface area (Å²) < 4.78 is 13.3. The lowest BCUT2D eigenvalue weighted by Gasteiger charge is -2.51. The summed E-state index contributed by atoms with van der Waals surface area (Å²) in [5, 5.41) is 3.06. The number of carbonyl (C=O) groups is 1. The number of hydrogen-bond acceptors (Lipinski definition) is 2. The summed E-state index contributed by atoms with van der Waals surface area (Å²) in [5.74, 6) is -0.252. The highest BCUT2D eigenvalue weighted by atomic mass is 35.5. The van der Waals surface area contributed by atoms with Gasteiger partial charge in [0.2, 0.25) is 0 Å². The third kappa shape index (κ3) is 5.58. The van der Waals surface area contributed by atoms with Crippen molar-refractivity contribution in [1.29, 1.82) is 0 Å². The summed E-state index contributed by atoms with van der Waals surface area (Å²) in [5.41, 5.74) is 0.681. The Morgan fingerprint density at radius 2 is 1.92 bits per heavy atom. The highest BCUT2D eigenvalue weighted by Crippen LogP contribution is 2.34. The van der Waals surface area contributed by atoms with Crippen molar-refractivity contribution in [3.63, 3.8) is 0 Å². The van der Waals surface area contributed by atoms with Crippen LogP contribution in [0.5, 0.6) is 0 Å². The number of nitrogens with zero attached hydrogens (tertiary/aromatic N) is 2. The molecule has 1 N–H and O–H groups in total. The van der Waals surface area contributed by atoms with Crippen LogP contribution in [0, 0.1) is 5.82 Å². The van der Waals surface area contributed by atoms with E-state index >= 15 is 0 Å². The van der Waals surface area contributed by atoms with Crippen LogP contribution in [0.15, 0.2) is 24.3 Å². The van der Waals surface area contributed by atoms with Gasteiger partial charge in [0.05, 0.1) is 11.6 Å². The summed E-state index contributed by atoms with van der Waals surface area (Å²) in [4.78, 5) is 17.0. The average Bonchev–Trinajstić information content (AvgIpc) is 2.50. The number of unbranched alkanes of at least 4 members (excludes halogenated alkanes) is 2. The largest absolute Gasteiger partial charge is 0.338 e. The summed E-state index contributed by atoms with van der Waals surface area (Å²) in [6.45, 7) is 8.58. The predicted molar refractivity (Wildman–Crippen MR) is 103 cm³/mol. The minimum absolute atomic E-state index is 0. The molecule has 25 heavy (non-hydrogen) atoms. The van der Waals surface area contributed by atoms with Gasteiger partial charge >= 0.3 is 6.03 Å². The molecule has 0 spiro atoms. The molecule has 1 aliphatic rings. The van der Waals surface area contributed by atoms with Gasteiger partial charge in [0.15, 0.2) is 0 Å². The molecule has 0 radical (unpaired) electrons. The number of carbonyl (C=O) groups excluding carboxylic acids is 1. The lowest BCUT2D eigenvalue weighted by Crippen LogP contribution is -2.63. The smallest absolute Gasteiger partial charge is 0.318 e. The Morgan fingerprint density at radius 3 is 2.52 bits per heavy atom. The molecule has 4 nitrogen and oxygen atoms in total. The van der Waals surface area contributed by atoms with Crippen molar-refractivity contribution >= 4 is 18.4 Å². The van der Waals surface area contributed by atoms with Gasteiger partial charge in [-0.3, -0.25) is 0 Å². The van der Waals surface area contributed by atoms with Crippen LogP contribution in [0.25, 0.3) is 0 Å². The van der Waals surface area contributed by atoms with Crippen molar-refractivity contribution in [2.24, 2.45) is 0 Å². The summed E-state index contributed by atoms with van der Waals surface area (Å²) in [7, 11) is 2.06. The molecule has 2 amide bonds. The first-order valence-corrected chi connectivity index (χ1v) is 8.86. The van der Waals surface area contributed by atoms with Gasteiger partial charge in [-0.25, -0.2) is 9.18 Å². The lowest BCUT2D eigenvalue weighted by molar-refractivity contribution is 0.0151. The number of rotatable bonds is 5. The zero-order chi connectivity index (χ0) is 17.7. The minimum atomic E-state index is -0.291. The van der Waals surface area contributed by atoms with Crippen LogP contribution in [0.1, 0.15) is 51.6 Å². The van der Waals surface area contributed by atoms with Gasteiger partial charge in [-0.2, -0.15) is 0 Å². The fourth-order valence-electron chi connectivity index (χ4n) is 3.61. The molecule has 1 saturated heterocycles. The minimum Gasteiger partial charge on any atom is -0.338 e. The second-order valence-corrected chi connectivity index (χ2v) is 7.39. The zero-order valence-corrected chi connectivity index (χ0v) is 16.5. The number of nitrogens with one attached hydrogen (secondary N) is 1. The molecule has 1 aliphatic heterocycles. The summed E-state index contributed by atoms with van der Waals surface area (Å²) >= 11 is 0. The van der Waals surface area contributed by atoms with Gasteiger partial charge in [-0.05, 0) is 45.0 Å². The molecule has 142 valence electrons. The normalized spacial score (nSPS) is 20.0. The van der Waals surface area contributed by atoms with Gasteiger partial charge in [0, 0.05) is 19.6 Å². The van der Waals surface area contributed by atoms with Gasteiger partial charge in [0.1, 0.15) is 5.82 Å². The molecule has 2 rings (SSSR count). The van der Waals surface area contributed by atoms with E-state index in [2.05, 4.69) is 38.0 Å². The Balaban J connectivity index is 0.00000312. The highest BCUT2D eigenvalue weighted by molar-refractivity contribution is 5.85. The van der Waals surface area contributed by atoms with Crippen molar-refractivity contribution in [2.45, 2.75) is 51.6 Å². The Morgan fingerprint density at radius 1 is 1.28 bits per heavy atom. The van der Waals surface area contributed by atoms with Crippen molar-refractivity contribution < 1.29 is 9.18 Å². The third-order valence-corrected chi connectivity index (χ3v) is 4.64. The quantitative estimate of drug-likeness (QED) is 0.787. The van der Waals surface area contributed by atoms with E-state index in [0.717, 1.165) is 37.9 Å². The number of likely N-dealkylation sites (N-methyl/N-ethyl adjacent to an activating group) is 1. The number of hydrogen-bond donors (Lipinski definition) is 1. The first-order valence-electron chi connectivity index (χ1n) is 8.86. The highest BCUT2D eigenvalue weighted by Gasteiger charge is 2.42. The van der Waals surface area contributed by atoms with Crippen molar-refractivity contribution in [3.05, 3.63) is 35.6 Å². The van der Waals surface area contributed by atoms with Crippen LogP contribution in [-0.2, 0) is 0 Å². The second-order valence-electron chi connectivity index (χ2n) is 7.39. The molecule has 1 aromatic rings. The number of urea groups is 1. The summed E-state index contributed by atoms with van der Waals surface area (Å²) in [6, 6.07) is 6.39. The molecular weight excluding hydrogens is 341 g/mol. The second kappa shape index (κ2) is 9.39. The Bertz CT molecular complexity index is 550. The molecule has 0 bridgehead atoms. The van der Waals surface area contributed by atoms with Gasteiger partial charge in [-0.15, -0.1) is 12.4 Å². The number of benzene rings is 1. The molecule has 1 atom stereocenters. The van der Waals surface area contributed by atoms with Gasteiger partial charge < -0.3 is 15.1 Å².